The molecular formula is C20H34O5. The minimum atomic E-state index is -1.01. The van der Waals surface area contributed by atoms with Gasteiger partial charge in [0.05, 0.1) is 18.3 Å². The second-order valence-corrected chi connectivity index (χ2v) is 6.21. The van der Waals surface area contributed by atoms with E-state index in [2.05, 4.69) is 6.92 Å². The first-order valence-electron chi connectivity index (χ1n) is 9.21. The Morgan fingerprint density at radius 3 is 2.16 bits per heavy atom. The van der Waals surface area contributed by atoms with Crippen molar-refractivity contribution in [3.05, 3.63) is 36.5 Å². The molecule has 5 nitrogen and oxygen atoms in total. The maximum atomic E-state index is 10.3. The number of hydrogen-bond donors (Lipinski definition) is 4. The quantitative estimate of drug-likeness (QED) is 0.267. The van der Waals surface area contributed by atoms with Gasteiger partial charge in [-0.25, -0.2) is 0 Å². The molecule has 0 aromatic heterocycles. The number of carboxylic acid groups (broad SMARTS) is 1. The molecule has 0 fully saturated rings. The van der Waals surface area contributed by atoms with Gasteiger partial charge >= 0.3 is 5.97 Å². The molecule has 0 saturated heterocycles. The highest BCUT2D eigenvalue weighted by molar-refractivity contribution is 5.66. The van der Waals surface area contributed by atoms with E-state index in [9.17, 15) is 20.1 Å². The van der Waals surface area contributed by atoms with Gasteiger partial charge < -0.3 is 20.4 Å². The number of allylic oxidation sites excluding steroid dienone is 2. The van der Waals surface area contributed by atoms with Crippen LogP contribution in [0.4, 0.5) is 0 Å². The lowest BCUT2D eigenvalue weighted by molar-refractivity contribution is -0.137. The highest BCUT2D eigenvalue weighted by atomic mass is 16.4. The molecule has 0 amide bonds. The van der Waals surface area contributed by atoms with Gasteiger partial charge in [-0.05, 0) is 38.5 Å². The predicted octanol–water partition coefficient (Wildman–Crippen LogP) is 3.35. The number of rotatable bonds is 15. The van der Waals surface area contributed by atoms with Crippen molar-refractivity contribution in [1.82, 2.24) is 0 Å². The van der Waals surface area contributed by atoms with Gasteiger partial charge in [-0.1, -0.05) is 56.2 Å². The van der Waals surface area contributed by atoms with Gasteiger partial charge in [-0.3, -0.25) is 4.79 Å². The molecule has 0 heterocycles. The standard InChI is InChI=1S/C20H34O5/c1-2-3-4-5-6-10-13-18(22)19(23)16-15-17(21)12-9-7-8-11-14-20(24)25/h6-7,9-10,15-19,21-23H,2-5,8,11-14H2,1H3,(H,24,25)/b9-7-,10-6-,16-15+/t17-,18-,19-/m1/s1. The van der Waals surface area contributed by atoms with Crippen LogP contribution in [-0.4, -0.2) is 44.7 Å². The summed E-state index contributed by atoms with van der Waals surface area (Å²) < 4.78 is 0. The molecule has 0 unspecified atom stereocenters. The average molecular weight is 354 g/mol. The van der Waals surface area contributed by atoms with Gasteiger partial charge in [0.15, 0.2) is 0 Å². The summed E-state index contributed by atoms with van der Waals surface area (Å²) in [4.78, 5) is 10.3. The normalized spacial score (nSPS) is 16.0. The van der Waals surface area contributed by atoms with Gasteiger partial charge in [0.2, 0.25) is 0 Å². The van der Waals surface area contributed by atoms with Crippen LogP contribution < -0.4 is 0 Å². The van der Waals surface area contributed by atoms with Crippen molar-refractivity contribution in [2.45, 2.75) is 83.0 Å². The molecule has 4 N–H and O–H groups in total. The topological polar surface area (TPSA) is 98.0 Å². The number of carbonyl (C=O) groups is 1. The highest BCUT2D eigenvalue weighted by Crippen LogP contribution is 2.06. The Bertz CT molecular complexity index is 414. The zero-order valence-corrected chi connectivity index (χ0v) is 15.3. The number of aliphatic carboxylic acids is 1. The Kier molecular flexibility index (Phi) is 15.1. The van der Waals surface area contributed by atoms with E-state index in [1.807, 2.05) is 18.2 Å². The summed E-state index contributed by atoms with van der Waals surface area (Å²) in [5, 5.41) is 38.0. The summed E-state index contributed by atoms with van der Waals surface area (Å²) in [6.07, 6.45) is 14.5. The van der Waals surface area contributed by atoms with Crippen LogP contribution in [0.5, 0.6) is 0 Å². The van der Waals surface area contributed by atoms with Crippen molar-refractivity contribution >= 4 is 5.97 Å². The molecule has 0 bridgehead atoms. The van der Waals surface area contributed by atoms with E-state index in [1.165, 1.54) is 25.0 Å². The minimum Gasteiger partial charge on any atom is -0.481 e. The van der Waals surface area contributed by atoms with E-state index in [4.69, 9.17) is 5.11 Å². The lowest BCUT2D eigenvalue weighted by Crippen LogP contribution is -2.23. The van der Waals surface area contributed by atoms with E-state index >= 15 is 0 Å². The van der Waals surface area contributed by atoms with Crippen LogP contribution in [0.3, 0.4) is 0 Å². The Morgan fingerprint density at radius 1 is 0.880 bits per heavy atom. The van der Waals surface area contributed by atoms with Gasteiger partial charge in [0.1, 0.15) is 0 Å². The van der Waals surface area contributed by atoms with E-state index in [1.54, 1.807) is 6.08 Å². The summed E-state index contributed by atoms with van der Waals surface area (Å²) in [5.41, 5.74) is 0. The lowest BCUT2D eigenvalue weighted by atomic mass is 10.1. The monoisotopic (exact) mass is 354 g/mol. The third kappa shape index (κ3) is 15.8. The van der Waals surface area contributed by atoms with Gasteiger partial charge in [-0.2, -0.15) is 0 Å². The maximum absolute atomic E-state index is 10.3. The molecule has 25 heavy (non-hydrogen) atoms. The highest BCUT2D eigenvalue weighted by Gasteiger charge is 2.11. The van der Waals surface area contributed by atoms with Crippen molar-refractivity contribution in [3.63, 3.8) is 0 Å². The minimum absolute atomic E-state index is 0.143. The van der Waals surface area contributed by atoms with E-state index in [0.29, 0.717) is 25.7 Å². The van der Waals surface area contributed by atoms with Crippen molar-refractivity contribution in [2.75, 3.05) is 0 Å². The molecule has 0 saturated carbocycles. The molecule has 0 aliphatic heterocycles. The summed E-state index contributed by atoms with van der Waals surface area (Å²) in [6, 6.07) is 0. The average Bonchev–Trinajstić information content (AvgIpc) is 2.58. The van der Waals surface area contributed by atoms with E-state index in [0.717, 1.165) is 12.8 Å². The van der Waals surface area contributed by atoms with Crippen LogP contribution in [0.1, 0.15) is 64.7 Å². The lowest BCUT2D eigenvalue weighted by Gasteiger charge is -2.13. The molecule has 0 radical (unpaired) electrons. The number of unbranched alkanes of at least 4 members (excludes halogenated alkanes) is 4. The molecule has 5 heteroatoms. The summed E-state index contributed by atoms with van der Waals surface area (Å²) in [6.45, 7) is 2.15. The fourth-order valence-electron chi connectivity index (χ4n) is 2.18. The van der Waals surface area contributed by atoms with Crippen LogP contribution in [0.2, 0.25) is 0 Å². The Balaban J connectivity index is 3.91. The van der Waals surface area contributed by atoms with Crippen LogP contribution in [0.25, 0.3) is 0 Å². The fourth-order valence-corrected chi connectivity index (χ4v) is 2.18. The molecule has 3 atom stereocenters. The largest absolute Gasteiger partial charge is 0.481 e. The first-order valence-corrected chi connectivity index (χ1v) is 9.21. The van der Waals surface area contributed by atoms with Crippen molar-refractivity contribution in [2.24, 2.45) is 0 Å². The Morgan fingerprint density at radius 2 is 1.52 bits per heavy atom. The van der Waals surface area contributed by atoms with Gasteiger partial charge in [-0.15, -0.1) is 0 Å². The van der Waals surface area contributed by atoms with Crippen LogP contribution in [0, 0.1) is 0 Å². The molecule has 144 valence electrons. The fraction of sp³-hybridized carbons (Fsp3) is 0.650. The SMILES string of the molecule is CCCCC/C=C\C[C@@H](O)[C@H](O)/C=C/[C@H](O)C/C=C\CCCC(=O)O. The van der Waals surface area contributed by atoms with Crippen molar-refractivity contribution in [3.8, 4) is 0 Å². The van der Waals surface area contributed by atoms with Gasteiger partial charge in [0, 0.05) is 6.42 Å². The molecule has 0 aliphatic rings. The second-order valence-electron chi connectivity index (χ2n) is 6.21. The third-order valence-electron chi connectivity index (χ3n) is 3.75. The Hall–Kier alpha value is -1.43. The zero-order valence-electron chi connectivity index (χ0n) is 15.3. The van der Waals surface area contributed by atoms with Crippen LogP contribution >= 0.6 is 0 Å². The first kappa shape index (κ1) is 23.6. The molecule has 0 spiro atoms. The predicted molar refractivity (Wildman–Crippen MR) is 100 cm³/mol. The molecular weight excluding hydrogens is 320 g/mol. The van der Waals surface area contributed by atoms with E-state index < -0.39 is 24.3 Å². The number of carboxylic acids is 1. The summed E-state index contributed by atoms with van der Waals surface area (Å²) >= 11 is 0. The second kappa shape index (κ2) is 16.1. The smallest absolute Gasteiger partial charge is 0.303 e. The molecule has 0 aromatic rings. The Labute approximate surface area is 151 Å². The van der Waals surface area contributed by atoms with Crippen molar-refractivity contribution < 1.29 is 25.2 Å². The maximum Gasteiger partial charge on any atom is 0.303 e. The molecule has 0 aromatic carbocycles. The number of hydrogen-bond acceptors (Lipinski definition) is 4. The molecule has 0 aliphatic carbocycles. The third-order valence-corrected chi connectivity index (χ3v) is 3.75. The number of aliphatic hydroxyl groups is 3. The molecule has 0 rings (SSSR count). The zero-order chi connectivity index (χ0) is 18.9. The summed E-state index contributed by atoms with van der Waals surface area (Å²) in [7, 11) is 0. The van der Waals surface area contributed by atoms with Crippen LogP contribution in [0.15, 0.2) is 36.5 Å². The van der Waals surface area contributed by atoms with Crippen molar-refractivity contribution in [1.29, 1.82) is 0 Å². The van der Waals surface area contributed by atoms with Gasteiger partial charge in [0.25, 0.3) is 0 Å². The van der Waals surface area contributed by atoms with E-state index in [-0.39, 0.29) is 6.42 Å². The summed E-state index contributed by atoms with van der Waals surface area (Å²) in [5.74, 6) is -0.806. The van der Waals surface area contributed by atoms with Crippen LogP contribution in [-0.2, 0) is 4.79 Å². The number of aliphatic hydroxyl groups excluding tert-OH is 3. The first-order chi connectivity index (χ1) is 12.0.